The van der Waals surface area contributed by atoms with E-state index in [0.29, 0.717) is 11.7 Å². The van der Waals surface area contributed by atoms with Crippen LogP contribution in [0.4, 0.5) is 11.9 Å². The van der Waals surface area contributed by atoms with E-state index in [2.05, 4.69) is 34.7 Å². The van der Waals surface area contributed by atoms with Crippen LogP contribution in [0.25, 0.3) is 0 Å². The molecule has 0 aliphatic carbocycles. The second kappa shape index (κ2) is 6.84. The zero-order valence-electron chi connectivity index (χ0n) is 12.4. The van der Waals surface area contributed by atoms with Gasteiger partial charge in [-0.05, 0) is 12.3 Å². The second-order valence-corrected chi connectivity index (χ2v) is 5.68. The zero-order valence-corrected chi connectivity index (χ0v) is 13.2. The molecule has 0 atom stereocenters. The van der Waals surface area contributed by atoms with E-state index in [0.717, 1.165) is 38.0 Å². The lowest BCUT2D eigenvalue weighted by atomic mass is 10.3. The predicted molar refractivity (Wildman–Crippen MR) is 85.5 cm³/mol. The molecule has 3 rings (SSSR count). The molecule has 8 nitrogen and oxygen atoms in total. The van der Waals surface area contributed by atoms with Crippen molar-refractivity contribution in [3.8, 4) is 0 Å². The SMILES string of the molecule is CSc1nc(N)nc(CN2CCN(c3ncccn3)CC2)n1. The molecular formula is C13H18N8S. The molecule has 1 aliphatic rings. The molecule has 1 saturated heterocycles. The summed E-state index contributed by atoms with van der Waals surface area (Å²) in [4.78, 5) is 25.8. The Hall–Kier alpha value is -2.00. The lowest BCUT2D eigenvalue weighted by Crippen LogP contribution is -2.46. The Labute approximate surface area is 133 Å². The number of nitrogens with zero attached hydrogens (tertiary/aromatic N) is 7. The minimum atomic E-state index is 0.283. The molecule has 1 fully saturated rings. The summed E-state index contributed by atoms with van der Waals surface area (Å²) < 4.78 is 0. The van der Waals surface area contributed by atoms with Gasteiger partial charge in [-0.3, -0.25) is 4.90 Å². The first-order valence-corrected chi connectivity index (χ1v) is 8.26. The number of nitrogen functional groups attached to an aromatic ring is 1. The normalized spacial score (nSPS) is 16.0. The fourth-order valence-corrected chi connectivity index (χ4v) is 2.72. The fourth-order valence-electron chi connectivity index (χ4n) is 2.34. The highest BCUT2D eigenvalue weighted by Gasteiger charge is 2.19. The molecule has 0 bridgehead atoms. The van der Waals surface area contributed by atoms with E-state index in [1.165, 1.54) is 11.8 Å². The average molecular weight is 318 g/mol. The van der Waals surface area contributed by atoms with E-state index < -0.39 is 0 Å². The van der Waals surface area contributed by atoms with Gasteiger partial charge in [-0.25, -0.2) is 15.0 Å². The van der Waals surface area contributed by atoms with Crippen molar-refractivity contribution in [3.63, 3.8) is 0 Å². The van der Waals surface area contributed by atoms with Crippen molar-refractivity contribution in [2.75, 3.05) is 43.1 Å². The first-order valence-electron chi connectivity index (χ1n) is 7.03. The van der Waals surface area contributed by atoms with Crippen molar-refractivity contribution >= 4 is 23.7 Å². The van der Waals surface area contributed by atoms with Gasteiger partial charge in [0.05, 0.1) is 6.54 Å². The lowest BCUT2D eigenvalue weighted by Gasteiger charge is -2.34. The van der Waals surface area contributed by atoms with E-state index in [-0.39, 0.29) is 5.95 Å². The average Bonchev–Trinajstić information content (AvgIpc) is 2.56. The monoisotopic (exact) mass is 318 g/mol. The van der Waals surface area contributed by atoms with Crippen molar-refractivity contribution in [3.05, 3.63) is 24.3 Å². The van der Waals surface area contributed by atoms with Crippen molar-refractivity contribution < 1.29 is 0 Å². The number of rotatable bonds is 4. The molecule has 2 aromatic heterocycles. The minimum absolute atomic E-state index is 0.283. The molecule has 2 aromatic rings. The number of aromatic nitrogens is 5. The maximum absolute atomic E-state index is 5.72. The minimum Gasteiger partial charge on any atom is -0.368 e. The number of thioether (sulfide) groups is 1. The number of piperazine rings is 1. The summed E-state index contributed by atoms with van der Waals surface area (Å²) in [6.45, 7) is 4.29. The third-order valence-electron chi connectivity index (χ3n) is 3.43. The highest BCUT2D eigenvalue weighted by molar-refractivity contribution is 7.98. The Morgan fingerprint density at radius 1 is 1.09 bits per heavy atom. The van der Waals surface area contributed by atoms with E-state index in [4.69, 9.17) is 5.73 Å². The second-order valence-electron chi connectivity index (χ2n) is 4.91. The quantitative estimate of drug-likeness (QED) is 0.797. The molecule has 22 heavy (non-hydrogen) atoms. The molecule has 0 aromatic carbocycles. The van der Waals surface area contributed by atoms with Gasteiger partial charge in [0, 0.05) is 38.6 Å². The Morgan fingerprint density at radius 2 is 1.82 bits per heavy atom. The van der Waals surface area contributed by atoms with Crippen molar-refractivity contribution in [1.82, 2.24) is 29.8 Å². The third kappa shape index (κ3) is 3.60. The number of hydrogen-bond acceptors (Lipinski definition) is 9. The van der Waals surface area contributed by atoms with Gasteiger partial charge in [0.25, 0.3) is 0 Å². The van der Waals surface area contributed by atoms with E-state index >= 15 is 0 Å². The van der Waals surface area contributed by atoms with Crippen LogP contribution in [0, 0.1) is 0 Å². The van der Waals surface area contributed by atoms with Crippen LogP contribution in [-0.4, -0.2) is 62.3 Å². The summed E-state index contributed by atoms with van der Waals surface area (Å²) in [6, 6.07) is 1.83. The van der Waals surface area contributed by atoms with Crippen molar-refractivity contribution in [2.24, 2.45) is 0 Å². The molecule has 116 valence electrons. The summed E-state index contributed by atoms with van der Waals surface area (Å²) in [5.74, 6) is 1.79. The molecule has 0 amide bonds. The summed E-state index contributed by atoms with van der Waals surface area (Å²) in [5, 5.41) is 0.666. The molecule has 0 unspecified atom stereocenters. The first kappa shape index (κ1) is 14.9. The summed E-state index contributed by atoms with van der Waals surface area (Å²) in [6.07, 6.45) is 5.47. The van der Waals surface area contributed by atoms with E-state index in [1.54, 1.807) is 12.4 Å². The van der Waals surface area contributed by atoms with E-state index in [1.807, 2.05) is 12.3 Å². The molecule has 3 heterocycles. The smallest absolute Gasteiger partial charge is 0.225 e. The van der Waals surface area contributed by atoms with E-state index in [9.17, 15) is 0 Å². The van der Waals surface area contributed by atoms with Crippen LogP contribution < -0.4 is 10.6 Å². The number of nitrogens with two attached hydrogens (primary N) is 1. The molecule has 0 spiro atoms. The lowest BCUT2D eigenvalue weighted by molar-refractivity contribution is 0.242. The zero-order chi connectivity index (χ0) is 15.4. The maximum atomic E-state index is 5.72. The van der Waals surface area contributed by atoms with Crippen LogP contribution in [-0.2, 0) is 6.54 Å². The molecule has 2 N–H and O–H groups in total. The topological polar surface area (TPSA) is 97.0 Å². The van der Waals surface area contributed by atoms with Gasteiger partial charge in [0.1, 0.15) is 5.82 Å². The maximum Gasteiger partial charge on any atom is 0.225 e. The largest absolute Gasteiger partial charge is 0.368 e. The van der Waals surface area contributed by atoms with Gasteiger partial charge in [0.2, 0.25) is 11.9 Å². The Bertz CT molecular complexity index is 615. The van der Waals surface area contributed by atoms with Gasteiger partial charge in [-0.1, -0.05) is 11.8 Å². The Kier molecular flexibility index (Phi) is 4.64. The first-order chi connectivity index (χ1) is 10.7. The molecule has 0 radical (unpaired) electrons. The predicted octanol–water partition coefficient (Wildman–Crippen LogP) is 0.288. The van der Waals surface area contributed by atoms with Crippen LogP contribution in [0.5, 0.6) is 0 Å². The van der Waals surface area contributed by atoms with Gasteiger partial charge in [-0.2, -0.15) is 9.97 Å². The van der Waals surface area contributed by atoms with Crippen molar-refractivity contribution in [2.45, 2.75) is 11.7 Å². The van der Waals surface area contributed by atoms with Crippen LogP contribution in [0.1, 0.15) is 5.82 Å². The van der Waals surface area contributed by atoms with Gasteiger partial charge in [0.15, 0.2) is 5.16 Å². The highest BCUT2D eigenvalue weighted by Crippen LogP contribution is 2.13. The highest BCUT2D eigenvalue weighted by atomic mass is 32.2. The van der Waals surface area contributed by atoms with Gasteiger partial charge < -0.3 is 10.6 Å². The summed E-state index contributed by atoms with van der Waals surface area (Å²) in [5.41, 5.74) is 5.72. The standard InChI is InChI=1S/C13H18N8S/c1-22-13-18-10(17-11(14)19-13)9-20-5-7-21(8-6-20)12-15-3-2-4-16-12/h2-4H,5-9H2,1H3,(H2,14,17,18,19). The molecule has 0 saturated carbocycles. The van der Waals surface area contributed by atoms with Crippen LogP contribution in [0.3, 0.4) is 0 Å². The van der Waals surface area contributed by atoms with Gasteiger partial charge >= 0.3 is 0 Å². The fraction of sp³-hybridized carbons (Fsp3) is 0.462. The summed E-state index contributed by atoms with van der Waals surface area (Å²) in [7, 11) is 0. The molecule has 1 aliphatic heterocycles. The van der Waals surface area contributed by atoms with Gasteiger partial charge in [-0.15, -0.1) is 0 Å². The number of hydrogen-bond donors (Lipinski definition) is 1. The molecule has 9 heteroatoms. The third-order valence-corrected chi connectivity index (χ3v) is 3.98. The van der Waals surface area contributed by atoms with Crippen LogP contribution >= 0.6 is 11.8 Å². The van der Waals surface area contributed by atoms with Crippen molar-refractivity contribution in [1.29, 1.82) is 0 Å². The Morgan fingerprint density at radius 3 is 2.50 bits per heavy atom. The van der Waals surface area contributed by atoms with Crippen LogP contribution in [0.2, 0.25) is 0 Å². The number of anilines is 2. The molecular weight excluding hydrogens is 300 g/mol. The summed E-state index contributed by atoms with van der Waals surface area (Å²) >= 11 is 1.47. The Balaban J connectivity index is 1.59. The van der Waals surface area contributed by atoms with Crippen LogP contribution in [0.15, 0.2) is 23.6 Å².